The molecule has 0 unspecified atom stereocenters. The van der Waals surface area contributed by atoms with Crippen LogP contribution in [0.4, 0.5) is 5.69 Å². The maximum absolute atomic E-state index is 13.6. The van der Waals surface area contributed by atoms with Crippen LogP contribution in [0.15, 0.2) is 54.9 Å². The van der Waals surface area contributed by atoms with E-state index < -0.39 is 5.97 Å². The molecule has 0 saturated heterocycles. The summed E-state index contributed by atoms with van der Waals surface area (Å²) in [5.41, 5.74) is 3.78. The first kappa shape index (κ1) is 24.1. The highest BCUT2D eigenvalue weighted by Crippen LogP contribution is 2.40. The maximum Gasteiger partial charge on any atom is 0.350 e. The van der Waals surface area contributed by atoms with E-state index >= 15 is 0 Å². The minimum atomic E-state index is -0.408. The number of benzene rings is 1. The molecule has 0 bridgehead atoms. The molecule has 2 aromatic heterocycles. The standard InChI is InChI=1S/C28H32N2O3S/c1-18(2)30(27(31)22-9-7-19(3)8-10-22)24-16-25(34-26(24)28(32)33-4)21-13-11-20(12-14-21)23-6-5-15-29-17-23/h5-6,11-19,22H,7-10H2,1-4H3. The van der Waals surface area contributed by atoms with Crippen LogP contribution in [0.5, 0.6) is 0 Å². The van der Waals surface area contributed by atoms with Crippen molar-refractivity contribution in [2.75, 3.05) is 12.0 Å². The number of anilines is 1. The molecule has 4 rings (SSSR count). The lowest BCUT2D eigenvalue weighted by Gasteiger charge is -2.33. The summed E-state index contributed by atoms with van der Waals surface area (Å²) in [6.07, 6.45) is 7.56. The summed E-state index contributed by atoms with van der Waals surface area (Å²) in [6.45, 7) is 6.26. The number of esters is 1. The number of ether oxygens (including phenoxy) is 1. The number of carbonyl (C=O) groups excluding carboxylic acids is 2. The van der Waals surface area contributed by atoms with Crippen molar-refractivity contribution in [3.8, 4) is 21.6 Å². The van der Waals surface area contributed by atoms with Crippen molar-refractivity contribution in [2.45, 2.75) is 52.5 Å². The summed E-state index contributed by atoms with van der Waals surface area (Å²) >= 11 is 1.38. The molecule has 6 heteroatoms. The predicted octanol–water partition coefficient (Wildman–Crippen LogP) is 6.83. The number of hydrogen-bond donors (Lipinski definition) is 0. The van der Waals surface area contributed by atoms with Gasteiger partial charge in [-0.15, -0.1) is 11.3 Å². The molecule has 0 atom stereocenters. The lowest BCUT2D eigenvalue weighted by molar-refractivity contribution is -0.123. The van der Waals surface area contributed by atoms with Crippen LogP contribution in [0.3, 0.4) is 0 Å². The number of aromatic nitrogens is 1. The van der Waals surface area contributed by atoms with Gasteiger partial charge in [-0.25, -0.2) is 4.79 Å². The third-order valence-electron chi connectivity index (χ3n) is 6.63. The number of thiophene rings is 1. The molecule has 1 aliphatic rings. The van der Waals surface area contributed by atoms with Crippen LogP contribution in [0.1, 0.15) is 56.1 Å². The fourth-order valence-corrected chi connectivity index (χ4v) is 5.73. The largest absolute Gasteiger partial charge is 0.465 e. The highest BCUT2D eigenvalue weighted by Gasteiger charge is 2.33. The zero-order valence-corrected chi connectivity index (χ0v) is 21.1. The number of pyridine rings is 1. The molecule has 1 saturated carbocycles. The second kappa shape index (κ2) is 10.5. The van der Waals surface area contributed by atoms with Crippen LogP contribution in [0.25, 0.3) is 21.6 Å². The molecule has 5 nitrogen and oxygen atoms in total. The Morgan fingerprint density at radius 1 is 1.03 bits per heavy atom. The Kier molecular flexibility index (Phi) is 7.47. The summed E-state index contributed by atoms with van der Waals surface area (Å²) in [7, 11) is 1.39. The number of hydrogen-bond acceptors (Lipinski definition) is 5. The van der Waals surface area contributed by atoms with Crippen molar-refractivity contribution in [1.82, 2.24) is 4.98 Å². The number of carbonyl (C=O) groups is 2. The molecular formula is C28H32N2O3S. The average molecular weight is 477 g/mol. The third-order valence-corrected chi connectivity index (χ3v) is 7.78. The third kappa shape index (κ3) is 5.07. The van der Waals surface area contributed by atoms with E-state index in [2.05, 4.69) is 24.0 Å². The highest BCUT2D eigenvalue weighted by atomic mass is 32.1. The van der Waals surface area contributed by atoms with E-state index in [9.17, 15) is 9.59 Å². The summed E-state index contributed by atoms with van der Waals surface area (Å²) < 4.78 is 5.10. The van der Waals surface area contributed by atoms with Gasteiger partial charge in [-0.3, -0.25) is 9.78 Å². The van der Waals surface area contributed by atoms with Gasteiger partial charge in [-0.1, -0.05) is 37.3 Å². The first-order valence-corrected chi connectivity index (χ1v) is 12.8. The lowest BCUT2D eigenvalue weighted by atomic mass is 9.82. The van der Waals surface area contributed by atoms with Gasteiger partial charge in [0, 0.05) is 29.2 Å². The van der Waals surface area contributed by atoms with Crippen molar-refractivity contribution in [3.63, 3.8) is 0 Å². The molecule has 1 aliphatic carbocycles. The van der Waals surface area contributed by atoms with E-state index in [-0.39, 0.29) is 17.9 Å². The van der Waals surface area contributed by atoms with E-state index in [0.29, 0.717) is 16.5 Å². The van der Waals surface area contributed by atoms with Crippen molar-refractivity contribution in [2.24, 2.45) is 11.8 Å². The van der Waals surface area contributed by atoms with Crippen molar-refractivity contribution in [3.05, 3.63) is 59.7 Å². The quantitative estimate of drug-likeness (QED) is 0.366. The number of nitrogens with zero attached hydrogens (tertiary/aromatic N) is 2. The van der Waals surface area contributed by atoms with Gasteiger partial charge in [0.1, 0.15) is 4.88 Å². The van der Waals surface area contributed by atoms with Crippen molar-refractivity contribution < 1.29 is 14.3 Å². The smallest absolute Gasteiger partial charge is 0.350 e. The van der Waals surface area contributed by atoms with Gasteiger partial charge >= 0.3 is 5.97 Å². The molecule has 0 aliphatic heterocycles. The van der Waals surface area contributed by atoms with Crippen LogP contribution >= 0.6 is 11.3 Å². The topological polar surface area (TPSA) is 59.5 Å². The van der Waals surface area contributed by atoms with Crippen LogP contribution in [0.2, 0.25) is 0 Å². The van der Waals surface area contributed by atoms with E-state index in [0.717, 1.165) is 47.3 Å². The average Bonchev–Trinajstić information content (AvgIpc) is 3.29. The van der Waals surface area contributed by atoms with Gasteiger partial charge in [0.15, 0.2) is 0 Å². The Hall–Kier alpha value is -2.99. The molecule has 0 N–H and O–H groups in total. The molecule has 1 aromatic carbocycles. The van der Waals surface area contributed by atoms with E-state index in [4.69, 9.17) is 4.74 Å². The van der Waals surface area contributed by atoms with Gasteiger partial charge in [0.25, 0.3) is 0 Å². The second-order valence-corrected chi connectivity index (χ2v) is 10.4. The Labute approximate surface area is 205 Å². The number of rotatable bonds is 6. The summed E-state index contributed by atoms with van der Waals surface area (Å²) in [5.74, 6) is 0.382. The van der Waals surface area contributed by atoms with Crippen LogP contribution in [-0.2, 0) is 9.53 Å². The fourth-order valence-electron chi connectivity index (χ4n) is 4.66. The molecular weight excluding hydrogens is 444 g/mol. The highest BCUT2D eigenvalue weighted by molar-refractivity contribution is 7.18. The number of amides is 1. The predicted molar refractivity (Wildman–Crippen MR) is 138 cm³/mol. The SMILES string of the molecule is COC(=O)c1sc(-c2ccc(-c3cccnc3)cc2)cc1N(C(=O)C1CCC(C)CC1)C(C)C. The van der Waals surface area contributed by atoms with Crippen LogP contribution in [0, 0.1) is 11.8 Å². The van der Waals surface area contributed by atoms with Gasteiger partial charge < -0.3 is 9.64 Å². The summed E-state index contributed by atoms with van der Waals surface area (Å²) in [5, 5.41) is 0. The summed E-state index contributed by atoms with van der Waals surface area (Å²) in [6, 6.07) is 14.0. The van der Waals surface area contributed by atoms with Crippen LogP contribution < -0.4 is 4.90 Å². The minimum absolute atomic E-state index is 0.00575. The van der Waals surface area contributed by atoms with Crippen molar-refractivity contribution >= 4 is 28.9 Å². The Bertz CT molecular complexity index is 1130. The van der Waals surface area contributed by atoms with Gasteiger partial charge in [0.05, 0.1) is 12.8 Å². The number of methoxy groups -OCH3 is 1. The molecule has 3 aromatic rings. The molecule has 2 heterocycles. The monoisotopic (exact) mass is 476 g/mol. The second-order valence-electron chi connectivity index (χ2n) is 9.39. The molecule has 1 amide bonds. The molecule has 0 radical (unpaired) electrons. The van der Waals surface area contributed by atoms with Gasteiger partial charge in [-0.05, 0) is 74.3 Å². The molecule has 34 heavy (non-hydrogen) atoms. The Morgan fingerprint density at radius 3 is 2.29 bits per heavy atom. The first-order chi connectivity index (χ1) is 16.4. The summed E-state index contributed by atoms with van der Waals surface area (Å²) in [4.78, 5) is 33.8. The fraction of sp³-hybridized carbons (Fsp3) is 0.393. The van der Waals surface area contributed by atoms with Crippen molar-refractivity contribution in [1.29, 1.82) is 0 Å². The molecule has 1 fully saturated rings. The lowest BCUT2D eigenvalue weighted by Crippen LogP contribution is -2.42. The van der Waals surface area contributed by atoms with E-state index in [1.54, 1.807) is 6.20 Å². The maximum atomic E-state index is 13.6. The Balaban J connectivity index is 1.69. The Morgan fingerprint density at radius 2 is 1.71 bits per heavy atom. The minimum Gasteiger partial charge on any atom is -0.465 e. The zero-order valence-electron chi connectivity index (χ0n) is 20.3. The normalized spacial score (nSPS) is 18.0. The molecule has 0 spiro atoms. The first-order valence-electron chi connectivity index (χ1n) is 11.9. The van der Waals surface area contributed by atoms with Gasteiger partial charge in [-0.2, -0.15) is 0 Å². The van der Waals surface area contributed by atoms with E-state index in [1.165, 1.54) is 18.4 Å². The zero-order chi connectivity index (χ0) is 24.2. The van der Waals surface area contributed by atoms with Crippen LogP contribution in [-0.4, -0.2) is 30.0 Å². The van der Waals surface area contributed by atoms with Gasteiger partial charge in [0.2, 0.25) is 5.91 Å². The van der Waals surface area contributed by atoms with E-state index in [1.807, 2.05) is 55.3 Å². The molecule has 178 valence electrons.